The van der Waals surface area contributed by atoms with Crippen LogP contribution in [0.1, 0.15) is 11.8 Å². The van der Waals surface area contributed by atoms with E-state index in [1.54, 1.807) is 30.5 Å². The third kappa shape index (κ3) is 3.26. The summed E-state index contributed by atoms with van der Waals surface area (Å²) >= 11 is 0. The minimum absolute atomic E-state index is 0.292. The van der Waals surface area contributed by atoms with Gasteiger partial charge in [0.15, 0.2) is 0 Å². The summed E-state index contributed by atoms with van der Waals surface area (Å²) in [6.07, 6.45) is 0.917. The summed E-state index contributed by atoms with van der Waals surface area (Å²) in [4.78, 5) is 4.04. The number of nitrogens with zero attached hydrogens (tertiary/aromatic N) is 1. The fraction of sp³-hybridized carbons (Fsp3) is 0.154. The van der Waals surface area contributed by atoms with Gasteiger partial charge >= 0.3 is 0 Å². The molecule has 17 heavy (non-hydrogen) atoms. The maximum atomic E-state index is 12.9. The molecule has 1 aromatic heterocycles. The van der Waals surface area contributed by atoms with Crippen molar-refractivity contribution in [3.63, 3.8) is 0 Å². The SMILES string of the molecule is OC(CNc1cccc(F)c1)c1ccccn1. The van der Waals surface area contributed by atoms with E-state index in [0.717, 1.165) is 0 Å². The van der Waals surface area contributed by atoms with Crippen molar-refractivity contribution in [2.24, 2.45) is 0 Å². The zero-order valence-electron chi connectivity index (χ0n) is 9.18. The van der Waals surface area contributed by atoms with Crippen LogP contribution in [0, 0.1) is 5.82 Å². The monoisotopic (exact) mass is 232 g/mol. The van der Waals surface area contributed by atoms with E-state index in [1.165, 1.54) is 12.1 Å². The number of anilines is 1. The number of nitrogens with one attached hydrogen (secondary N) is 1. The lowest BCUT2D eigenvalue weighted by atomic mass is 10.2. The molecule has 0 amide bonds. The molecule has 0 radical (unpaired) electrons. The second kappa shape index (κ2) is 5.41. The van der Waals surface area contributed by atoms with Crippen LogP contribution in [-0.2, 0) is 0 Å². The van der Waals surface area contributed by atoms with Crippen LogP contribution < -0.4 is 5.32 Å². The second-order valence-electron chi connectivity index (χ2n) is 3.66. The van der Waals surface area contributed by atoms with Crippen molar-refractivity contribution >= 4 is 5.69 Å². The topological polar surface area (TPSA) is 45.1 Å². The van der Waals surface area contributed by atoms with Crippen LogP contribution in [0.5, 0.6) is 0 Å². The summed E-state index contributed by atoms with van der Waals surface area (Å²) in [7, 11) is 0. The molecular weight excluding hydrogens is 219 g/mol. The van der Waals surface area contributed by atoms with Crippen molar-refractivity contribution < 1.29 is 9.50 Å². The molecule has 0 aliphatic heterocycles. The highest BCUT2D eigenvalue weighted by Gasteiger charge is 2.07. The zero-order chi connectivity index (χ0) is 12.1. The third-order valence-electron chi connectivity index (χ3n) is 2.35. The van der Waals surface area contributed by atoms with Gasteiger partial charge in [-0.25, -0.2) is 4.39 Å². The predicted molar refractivity (Wildman–Crippen MR) is 64.1 cm³/mol. The van der Waals surface area contributed by atoms with E-state index in [-0.39, 0.29) is 5.82 Å². The molecule has 2 rings (SSSR count). The van der Waals surface area contributed by atoms with Gasteiger partial charge in [0.2, 0.25) is 0 Å². The van der Waals surface area contributed by atoms with Crippen LogP contribution in [0.2, 0.25) is 0 Å². The lowest BCUT2D eigenvalue weighted by Crippen LogP contribution is -2.13. The fourth-order valence-corrected chi connectivity index (χ4v) is 1.49. The zero-order valence-corrected chi connectivity index (χ0v) is 9.18. The van der Waals surface area contributed by atoms with Gasteiger partial charge in [0.25, 0.3) is 0 Å². The summed E-state index contributed by atoms with van der Waals surface area (Å²) in [5.74, 6) is -0.303. The maximum Gasteiger partial charge on any atom is 0.125 e. The van der Waals surface area contributed by atoms with E-state index in [0.29, 0.717) is 17.9 Å². The first-order chi connectivity index (χ1) is 8.25. The molecule has 0 saturated carbocycles. The molecule has 0 aliphatic carbocycles. The number of benzene rings is 1. The van der Waals surface area contributed by atoms with Gasteiger partial charge in [0.1, 0.15) is 11.9 Å². The molecule has 0 aliphatic rings. The first kappa shape index (κ1) is 11.5. The Balaban J connectivity index is 1.95. The van der Waals surface area contributed by atoms with Crippen molar-refractivity contribution in [3.05, 3.63) is 60.2 Å². The van der Waals surface area contributed by atoms with E-state index < -0.39 is 6.10 Å². The normalized spacial score (nSPS) is 12.1. The average molecular weight is 232 g/mol. The Hall–Kier alpha value is -1.94. The quantitative estimate of drug-likeness (QED) is 0.850. The molecular formula is C13H13FN2O. The van der Waals surface area contributed by atoms with Gasteiger partial charge in [-0.3, -0.25) is 4.98 Å². The maximum absolute atomic E-state index is 12.9. The Bertz CT molecular complexity index is 476. The molecule has 1 atom stereocenters. The highest BCUT2D eigenvalue weighted by molar-refractivity contribution is 5.43. The lowest BCUT2D eigenvalue weighted by Gasteiger charge is -2.12. The van der Waals surface area contributed by atoms with Crippen molar-refractivity contribution in [2.45, 2.75) is 6.10 Å². The Kier molecular flexibility index (Phi) is 3.67. The number of hydrogen-bond donors (Lipinski definition) is 2. The second-order valence-corrected chi connectivity index (χ2v) is 3.66. The van der Waals surface area contributed by atoms with Crippen molar-refractivity contribution in [3.8, 4) is 0 Å². The van der Waals surface area contributed by atoms with Gasteiger partial charge in [-0.1, -0.05) is 12.1 Å². The number of pyridine rings is 1. The largest absolute Gasteiger partial charge is 0.385 e. The van der Waals surface area contributed by atoms with Gasteiger partial charge < -0.3 is 10.4 Å². The van der Waals surface area contributed by atoms with E-state index in [2.05, 4.69) is 10.3 Å². The molecule has 88 valence electrons. The van der Waals surface area contributed by atoms with Crippen LogP contribution in [0.3, 0.4) is 0 Å². The number of halogens is 1. The summed E-state index contributed by atoms with van der Waals surface area (Å²) in [6.45, 7) is 0.292. The van der Waals surface area contributed by atoms with Crippen molar-refractivity contribution in [1.29, 1.82) is 0 Å². The summed E-state index contributed by atoms with van der Waals surface area (Å²) in [6, 6.07) is 11.5. The summed E-state index contributed by atoms with van der Waals surface area (Å²) in [5, 5.41) is 12.8. The molecule has 0 bridgehead atoms. The molecule has 0 spiro atoms. The minimum Gasteiger partial charge on any atom is -0.385 e. The molecule has 3 nitrogen and oxygen atoms in total. The molecule has 2 aromatic rings. The van der Waals surface area contributed by atoms with Crippen LogP contribution in [-0.4, -0.2) is 16.6 Å². The molecule has 0 saturated heterocycles. The van der Waals surface area contributed by atoms with E-state index in [1.807, 2.05) is 6.07 Å². The number of rotatable bonds is 4. The van der Waals surface area contributed by atoms with Gasteiger partial charge in [-0.2, -0.15) is 0 Å². The first-order valence-corrected chi connectivity index (χ1v) is 5.34. The molecule has 0 fully saturated rings. The Morgan fingerprint density at radius 1 is 1.24 bits per heavy atom. The number of aromatic nitrogens is 1. The summed E-state index contributed by atoms with van der Waals surface area (Å²) in [5.41, 5.74) is 1.23. The van der Waals surface area contributed by atoms with Crippen LogP contribution in [0.15, 0.2) is 48.7 Å². The third-order valence-corrected chi connectivity index (χ3v) is 2.35. The molecule has 4 heteroatoms. The van der Waals surface area contributed by atoms with Gasteiger partial charge in [-0.15, -0.1) is 0 Å². The van der Waals surface area contributed by atoms with Crippen LogP contribution >= 0.6 is 0 Å². The van der Waals surface area contributed by atoms with E-state index in [9.17, 15) is 9.50 Å². The lowest BCUT2D eigenvalue weighted by molar-refractivity contribution is 0.187. The fourth-order valence-electron chi connectivity index (χ4n) is 1.49. The van der Waals surface area contributed by atoms with Gasteiger partial charge in [0, 0.05) is 18.4 Å². The highest BCUT2D eigenvalue weighted by Crippen LogP contribution is 2.13. The van der Waals surface area contributed by atoms with Crippen molar-refractivity contribution in [2.75, 3.05) is 11.9 Å². The number of hydrogen-bond acceptors (Lipinski definition) is 3. The highest BCUT2D eigenvalue weighted by atomic mass is 19.1. The van der Waals surface area contributed by atoms with Gasteiger partial charge in [0.05, 0.1) is 5.69 Å². The molecule has 1 aromatic carbocycles. The first-order valence-electron chi connectivity index (χ1n) is 5.34. The predicted octanol–water partition coefficient (Wildman–Crippen LogP) is 2.37. The Labute approximate surface area is 98.9 Å². The van der Waals surface area contributed by atoms with Crippen molar-refractivity contribution in [1.82, 2.24) is 4.98 Å². The van der Waals surface area contributed by atoms with E-state index >= 15 is 0 Å². The van der Waals surface area contributed by atoms with Gasteiger partial charge in [-0.05, 0) is 30.3 Å². The van der Waals surface area contributed by atoms with Crippen LogP contribution in [0.4, 0.5) is 10.1 Å². The number of aliphatic hydroxyl groups is 1. The number of aliphatic hydroxyl groups excluding tert-OH is 1. The van der Waals surface area contributed by atoms with E-state index in [4.69, 9.17) is 0 Å². The Morgan fingerprint density at radius 2 is 2.12 bits per heavy atom. The minimum atomic E-state index is -0.709. The van der Waals surface area contributed by atoms with Crippen LogP contribution in [0.25, 0.3) is 0 Å². The average Bonchev–Trinajstić information content (AvgIpc) is 2.37. The molecule has 2 N–H and O–H groups in total. The smallest absolute Gasteiger partial charge is 0.125 e. The Morgan fingerprint density at radius 3 is 2.82 bits per heavy atom. The standard InChI is InChI=1S/C13H13FN2O/c14-10-4-3-5-11(8-10)16-9-13(17)12-6-1-2-7-15-12/h1-8,13,16-17H,9H2. The summed E-state index contributed by atoms with van der Waals surface area (Å²) < 4.78 is 12.9. The molecule has 1 heterocycles. The molecule has 1 unspecified atom stereocenters.